The molecule has 0 unspecified atom stereocenters. The Kier molecular flexibility index (Phi) is 8.28. The molecule has 0 amide bonds. The van der Waals surface area contributed by atoms with E-state index in [4.69, 9.17) is 4.74 Å². The van der Waals surface area contributed by atoms with Crippen molar-refractivity contribution in [2.24, 2.45) is 0 Å². The zero-order valence-corrected chi connectivity index (χ0v) is 18.3. The molecule has 11 heteroatoms. The summed E-state index contributed by atoms with van der Waals surface area (Å²) in [5.41, 5.74) is 2.78. The number of nitrogens with one attached hydrogen (secondary N) is 2. The topological polar surface area (TPSA) is 120 Å². The van der Waals surface area contributed by atoms with Gasteiger partial charge in [-0.2, -0.15) is 4.68 Å². The molecule has 4 rings (SSSR count). The molecule has 3 aromatic carbocycles. The van der Waals surface area contributed by atoms with Crippen molar-refractivity contribution in [3.63, 3.8) is 0 Å². The number of tetrazole rings is 1. The van der Waals surface area contributed by atoms with Gasteiger partial charge in [0.15, 0.2) is 0 Å². The molecule has 0 aliphatic carbocycles. The van der Waals surface area contributed by atoms with Crippen LogP contribution in [0.1, 0.15) is 5.56 Å². The van der Waals surface area contributed by atoms with E-state index in [0.29, 0.717) is 25.4 Å². The van der Waals surface area contributed by atoms with Crippen LogP contribution in [-0.2, 0) is 6.54 Å². The molecular weight excluding hydrogens is 446 g/mol. The van der Waals surface area contributed by atoms with Gasteiger partial charge in [-0.15, -0.1) is 12.4 Å². The van der Waals surface area contributed by atoms with Gasteiger partial charge in [0.2, 0.25) is 0 Å². The van der Waals surface area contributed by atoms with E-state index in [0.717, 1.165) is 16.9 Å². The number of non-ortho nitro benzene ring substituents is 1. The molecule has 1 aromatic heterocycles. The van der Waals surface area contributed by atoms with Gasteiger partial charge in [0, 0.05) is 37.5 Å². The van der Waals surface area contributed by atoms with Crippen molar-refractivity contribution in [1.29, 1.82) is 0 Å². The van der Waals surface area contributed by atoms with Gasteiger partial charge in [-0.3, -0.25) is 10.1 Å². The first-order valence-corrected chi connectivity index (χ1v) is 9.99. The predicted molar refractivity (Wildman–Crippen MR) is 126 cm³/mol. The lowest BCUT2D eigenvalue weighted by atomic mass is 10.2. The molecule has 0 saturated carbocycles. The average molecular weight is 468 g/mol. The fourth-order valence-corrected chi connectivity index (χ4v) is 3.03. The van der Waals surface area contributed by atoms with E-state index >= 15 is 0 Å². The van der Waals surface area contributed by atoms with Crippen LogP contribution in [0, 0.1) is 10.1 Å². The molecule has 0 radical (unpaired) electrons. The fraction of sp³-hybridized carbons (Fsp3) is 0.136. The molecular formula is C22H22ClN7O3. The number of rotatable bonds is 10. The highest BCUT2D eigenvalue weighted by Crippen LogP contribution is 2.22. The van der Waals surface area contributed by atoms with E-state index < -0.39 is 4.92 Å². The zero-order valence-electron chi connectivity index (χ0n) is 17.5. The summed E-state index contributed by atoms with van der Waals surface area (Å²) >= 11 is 0. The van der Waals surface area contributed by atoms with Gasteiger partial charge in [0.1, 0.15) is 5.75 Å². The number of anilines is 1. The second-order valence-corrected chi connectivity index (χ2v) is 6.87. The highest BCUT2D eigenvalue weighted by molar-refractivity contribution is 5.85. The van der Waals surface area contributed by atoms with Gasteiger partial charge in [-0.1, -0.05) is 35.4 Å². The third-order valence-electron chi connectivity index (χ3n) is 4.59. The van der Waals surface area contributed by atoms with E-state index in [1.807, 2.05) is 54.6 Å². The van der Waals surface area contributed by atoms with Crippen molar-refractivity contribution in [2.45, 2.75) is 6.54 Å². The Morgan fingerprint density at radius 3 is 2.52 bits per heavy atom. The Morgan fingerprint density at radius 2 is 1.76 bits per heavy atom. The molecule has 0 aliphatic rings. The summed E-state index contributed by atoms with van der Waals surface area (Å²) in [6, 6.07) is 23.9. The molecule has 4 aromatic rings. The first kappa shape index (κ1) is 23.6. The number of halogens is 1. The highest BCUT2D eigenvalue weighted by atomic mass is 35.5. The number of para-hydroxylation sites is 1. The van der Waals surface area contributed by atoms with Crippen molar-refractivity contribution in [2.75, 3.05) is 18.4 Å². The van der Waals surface area contributed by atoms with E-state index in [2.05, 4.69) is 26.2 Å². The van der Waals surface area contributed by atoms with Crippen LogP contribution in [0.3, 0.4) is 0 Å². The third kappa shape index (κ3) is 6.48. The number of hydrogen-bond donors (Lipinski definition) is 2. The van der Waals surface area contributed by atoms with Crippen molar-refractivity contribution in [3.05, 3.63) is 94.5 Å². The Hall–Kier alpha value is -4.02. The van der Waals surface area contributed by atoms with Crippen molar-refractivity contribution in [3.8, 4) is 17.4 Å². The SMILES string of the molecule is Cl.O=[N+]([O-])c1ccc(NCCNCc2cccc(Oc3nnnn3-c3ccccc3)c2)cc1. The van der Waals surface area contributed by atoms with Crippen LogP contribution in [-0.4, -0.2) is 38.2 Å². The standard InChI is InChI=1S/C22H21N7O3.ClH/c30-29(31)20-11-9-18(10-12-20)24-14-13-23-16-17-5-4-8-21(15-17)32-22-25-26-27-28(22)19-6-2-1-3-7-19;/h1-12,15,23-24H,13-14,16H2;1H. The lowest BCUT2D eigenvalue weighted by Crippen LogP contribution is -2.21. The summed E-state index contributed by atoms with van der Waals surface area (Å²) in [5, 5.41) is 28.9. The summed E-state index contributed by atoms with van der Waals surface area (Å²) in [4.78, 5) is 10.3. The Bertz CT molecular complexity index is 1170. The quantitative estimate of drug-likeness (QED) is 0.204. The minimum absolute atomic E-state index is 0. The van der Waals surface area contributed by atoms with Gasteiger partial charge >= 0.3 is 6.01 Å². The van der Waals surface area contributed by atoms with E-state index in [1.54, 1.807) is 12.1 Å². The van der Waals surface area contributed by atoms with Crippen LogP contribution < -0.4 is 15.4 Å². The summed E-state index contributed by atoms with van der Waals surface area (Å²) < 4.78 is 7.43. The maximum Gasteiger partial charge on any atom is 0.345 e. The molecule has 10 nitrogen and oxygen atoms in total. The van der Waals surface area contributed by atoms with Crippen LogP contribution in [0.15, 0.2) is 78.9 Å². The molecule has 0 aliphatic heterocycles. The number of nitrogens with zero attached hydrogens (tertiary/aromatic N) is 5. The predicted octanol–water partition coefficient (Wildman–Crippen LogP) is 3.99. The molecule has 1 heterocycles. The maximum atomic E-state index is 10.7. The summed E-state index contributed by atoms with van der Waals surface area (Å²) in [7, 11) is 0. The first-order valence-electron chi connectivity index (χ1n) is 9.99. The second kappa shape index (κ2) is 11.6. The number of nitro groups is 1. The second-order valence-electron chi connectivity index (χ2n) is 6.87. The number of hydrogen-bond acceptors (Lipinski definition) is 8. The summed E-state index contributed by atoms with van der Waals surface area (Å²) in [6.07, 6.45) is 0. The van der Waals surface area contributed by atoms with Crippen LogP contribution in [0.2, 0.25) is 0 Å². The van der Waals surface area contributed by atoms with Crippen molar-refractivity contribution >= 4 is 23.8 Å². The van der Waals surface area contributed by atoms with Crippen molar-refractivity contribution in [1.82, 2.24) is 25.5 Å². The smallest absolute Gasteiger partial charge is 0.345 e. The highest BCUT2D eigenvalue weighted by Gasteiger charge is 2.10. The van der Waals surface area contributed by atoms with E-state index in [1.165, 1.54) is 16.8 Å². The molecule has 0 spiro atoms. The van der Waals surface area contributed by atoms with Crippen LogP contribution in [0.25, 0.3) is 5.69 Å². The maximum absolute atomic E-state index is 10.7. The number of aromatic nitrogens is 4. The summed E-state index contributed by atoms with van der Waals surface area (Å²) in [5.74, 6) is 0.639. The number of nitro benzene ring substituents is 1. The van der Waals surface area contributed by atoms with Gasteiger partial charge in [-0.05, 0) is 52.4 Å². The minimum atomic E-state index is -0.411. The molecule has 0 fully saturated rings. The van der Waals surface area contributed by atoms with E-state index in [-0.39, 0.29) is 24.1 Å². The fourth-order valence-electron chi connectivity index (χ4n) is 3.03. The lowest BCUT2D eigenvalue weighted by Gasteiger charge is -2.10. The minimum Gasteiger partial charge on any atom is -0.423 e. The van der Waals surface area contributed by atoms with E-state index in [9.17, 15) is 10.1 Å². The largest absolute Gasteiger partial charge is 0.423 e. The summed E-state index contributed by atoms with van der Waals surface area (Å²) in [6.45, 7) is 2.05. The van der Waals surface area contributed by atoms with Crippen LogP contribution in [0.5, 0.6) is 11.8 Å². The Balaban J connectivity index is 0.00000306. The zero-order chi connectivity index (χ0) is 22.2. The molecule has 2 N–H and O–H groups in total. The van der Waals surface area contributed by atoms with Crippen LogP contribution in [0.4, 0.5) is 11.4 Å². The molecule has 0 bridgehead atoms. The van der Waals surface area contributed by atoms with Gasteiger partial charge in [0.25, 0.3) is 5.69 Å². The Labute approximate surface area is 196 Å². The normalized spacial score (nSPS) is 10.3. The van der Waals surface area contributed by atoms with Crippen molar-refractivity contribution < 1.29 is 9.66 Å². The Morgan fingerprint density at radius 1 is 0.970 bits per heavy atom. The first-order chi connectivity index (χ1) is 15.7. The average Bonchev–Trinajstić information content (AvgIpc) is 3.28. The monoisotopic (exact) mass is 467 g/mol. The molecule has 0 saturated heterocycles. The van der Waals surface area contributed by atoms with Gasteiger partial charge in [-0.25, -0.2) is 0 Å². The third-order valence-corrected chi connectivity index (χ3v) is 4.59. The number of ether oxygens (including phenoxy) is 1. The lowest BCUT2D eigenvalue weighted by molar-refractivity contribution is -0.384. The molecule has 170 valence electrons. The molecule has 33 heavy (non-hydrogen) atoms. The van der Waals surface area contributed by atoms with Gasteiger partial charge in [0.05, 0.1) is 10.6 Å². The van der Waals surface area contributed by atoms with Gasteiger partial charge < -0.3 is 15.4 Å². The van der Waals surface area contributed by atoms with Crippen LogP contribution >= 0.6 is 12.4 Å². The molecule has 0 atom stereocenters. The number of benzene rings is 3.